The van der Waals surface area contributed by atoms with Crippen molar-refractivity contribution in [2.75, 3.05) is 20.5 Å². The van der Waals surface area contributed by atoms with E-state index in [-0.39, 0.29) is 5.66 Å². The second kappa shape index (κ2) is 1.99. The van der Waals surface area contributed by atoms with Crippen molar-refractivity contribution in [3.63, 3.8) is 0 Å². The Morgan fingerprint density at radius 1 is 1.33 bits per heavy atom. The minimum Gasteiger partial charge on any atom is -0.330 e. The highest BCUT2D eigenvalue weighted by Crippen LogP contribution is 2.19. The van der Waals surface area contributed by atoms with E-state index >= 15 is 0 Å². The Morgan fingerprint density at radius 3 is 2.00 bits per heavy atom. The first-order valence-electron chi connectivity index (χ1n) is 3.47. The Balaban J connectivity index is 2.66. The van der Waals surface area contributed by atoms with Crippen LogP contribution < -0.4 is 0 Å². The zero-order chi connectivity index (χ0) is 7.07. The molecule has 52 valence electrons. The van der Waals surface area contributed by atoms with Crippen LogP contribution in [0.2, 0.25) is 0 Å². The first kappa shape index (κ1) is 7.10. The topological polar surface area (TPSA) is 6.48 Å². The highest BCUT2D eigenvalue weighted by atomic mass is 15.4. The minimum atomic E-state index is 0.278. The van der Waals surface area contributed by atoms with Gasteiger partial charge >= 0.3 is 0 Å². The van der Waals surface area contributed by atoms with Gasteiger partial charge in [0.15, 0.2) is 0 Å². The van der Waals surface area contributed by atoms with Crippen LogP contribution in [-0.2, 0) is 0 Å². The van der Waals surface area contributed by atoms with Gasteiger partial charge in [0.25, 0.3) is 0 Å². The van der Waals surface area contributed by atoms with Crippen molar-refractivity contribution in [3.8, 4) is 0 Å². The molecule has 9 heavy (non-hydrogen) atoms. The fourth-order valence-corrected chi connectivity index (χ4v) is 1.14. The van der Waals surface area contributed by atoms with E-state index in [9.17, 15) is 0 Å². The SMILES string of the molecule is CN1BCN(C)C1(C)C. The number of hydrogen-bond donors (Lipinski definition) is 0. The molecule has 1 saturated heterocycles. The van der Waals surface area contributed by atoms with E-state index in [4.69, 9.17) is 0 Å². The normalized spacial score (nSPS) is 28.4. The molecule has 0 saturated carbocycles. The van der Waals surface area contributed by atoms with E-state index in [1.54, 1.807) is 0 Å². The third kappa shape index (κ3) is 0.991. The summed E-state index contributed by atoms with van der Waals surface area (Å²) in [6.45, 7) is 4.50. The molecule has 0 atom stereocenters. The van der Waals surface area contributed by atoms with Crippen molar-refractivity contribution in [2.45, 2.75) is 19.5 Å². The van der Waals surface area contributed by atoms with E-state index in [1.807, 2.05) is 0 Å². The van der Waals surface area contributed by atoms with Crippen LogP contribution in [0.25, 0.3) is 0 Å². The second-order valence-electron chi connectivity index (χ2n) is 3.34. The Morgan fingerprint density at radius 2 is 1.89 bits per heavy atom. The molecule has 1 fully saturated rings. The van der Waals surface area contributed by atoms with Gasteiger partial charge in [0, 0.05) is 0 Å². The van der Waals surface area contributed by atoms with Gasteiger partial charge in [0.2, 0.25) is 7.41 Å². The summed E-state index contributed by atoms with van der Waals surface area (Å²) >= 11 is 0. The molecular formula is C6H15BN2. The Bertz CT molecular complexity index is 102. The van der Waals surface area contributed by atoms with Crippen LogP contribution in [0.1, 0.15) is 13.8 Å². The lowest BCUT2D eigenvalue weighted by molar-refractivity contribution is 0.108. The van der Waals surface area contributed by atoms with Crippen molar-refractivity contribution < 1.29 is 0 Å². The Kier molecular flexibility index (Phi) is 1.57. The summed E-state index contributed by atoms with van der Waals surface area (Å²) in [6.07, 6.45) is 1.20. The van der Waals surface area contributed by atoms with Gasteiger partial charge in [-0.1, -0.05) is 0 Å². The van der Waals surface area contributed by atoms with Crippen molar-refractivity contribution in [2.24, 2.45) is 0 Å². The van der Waals surface area contributed by atoms with Crippen LogP contribution in [0.15, 0.2) is 0 Å². The number of nitrogens with zero attached hydrogens (tertiary/aromatic N) is 2. The summed E-state index contributed by atoms with van der Waals surface area (Å²) in [5.41, 5.74) is 0.278. The largest absolute Gasteiger partial charge is 0.330 e. The zero-order valence-corrected chi connectivity index (χ0v) is 6.81. The molecule has 0 aromatic heterocycles. The van der Waals surface area contributed by atoms with Gasteiger partial charge in [-0.15, -0.1) is 0 Å². The molecule has 1 heterocycles. The smallest absolute Gasteiger partial charge is 0.220 e. The van der Waals surface area contributed by atoms with Gasteiger partial charge in [0.05, 0.1) is 5.66 Å². The summed E-state index contributed by atoms with van der Waals surface area (Å²) in [7, 11) is 5.54. The molecule has 0 amide bonds. The summed E-state index contributed by atoms with van der Waals surface area (Å²) in [5, 5.41) is 0. The molecule has 0 aromatic rings. The second-order valence-corrected chi connectivity index (χ2v) is 3.34. The van der Waals surface area contributed by atoms with Gasteiger partial charge in [-0.2, -0.15) is 0 Å². The average Bonchev–Trinajstić information content (AvgIpc) is 1.96. The highest BCUT2D eigenvalue weighted by Gasteiger charge is 2.34. The summed E-state index contributed by atoms with van der Waals surface area (Å²) in [5.74, 6) is 0. The zero-order valence-electron chi connectivity index (χ0n) is 6.81. The van der Waals surface area contributed by atoms with E-state index in [2.05, 4.69) is 37.7 Å². The Labute approximate surface area is 58.1 Å². The first-order chi connectivity index (χ1) is 4.05. The average molecular weight is 126 g/mol. The molecule has 0 aliphatic carbocycles. The van der Waals surface area contributed by atoms with Gasteiger partial charge in [-0.25, -0.2) is 0 Å². The molecule has 0 aromatic carbocycles. The fourth-order valence-electron chi connectivity index (χ4n) is 1.14. The van der Waals surface area contributed by atoms with Crippen molar-refractivity contribution in [1.82, 2.24) is 9.71 Å². The quantitative estimate of drug-likeness (QED) is 0.418. The molecule has 0 N–H and O–H groups in total. The summed E-state index contributed by atoms with van der Waals surface area (Å²) < 4.78 is 0. The van der Waals surface area contributed by atoms with E-state index in [1.165, 1.54) is 13.9 Å². The molecule has 2 nitrogen and oxygen atoms in total. The van der Waals surface area contributed by atoms with Crippen molar-refractivity contribution >= 4 is 7.41 Å². The predicted molar refractivity (Wildman–Crippen MR) is 41.6 cm³/mol. The van der Waals surface area contributed by atoms with Crippen molar-refractivity contribution in [3.05, 3.63) is 0 Å². The third-order valence-corrected chi connectivity index (χ3v) is 2.64. The fraction of sp³-hybridized carbons (Fsp3) is 1.00. The molecular weight excluding hydrogens is 111 g/mol. The maximum atomic E-state index is 2.37. The van der Waals surface area contributed by atoms with Crippen LogP contribution in [0.3, 0.4) is 0 Å². The van der Waals surface area contributed by atoms with Gasteiger partial charge in [-0.3, -0.25) is 4.90 Å². The number of hydrogen-bond acceptors (Lipinski definition) is 2. The summed E-state index contributed by atoms with van der Waals surface area (Å²) in [4.78, 5) is 4.74. The standard InChI is InChI=1S/C6H15BN2/c1-6(2)8(3)5-7-9(6)4/h7H,5H2,1-4H3. The molecule has 0 spiro atoms. The van der Waals surface area contributed by atoms with Crippen LogP contribution >= 0.6 is 0 Å². The first-order valence-corrected chi connectivity index (χ1v) is 3.47. The molecule has 1 rings (SSSR count). The predicted octanol–water partition coefficient (Wildman–Crippen LogP) is -0.0913. The maximum Gasteiger partial charge on any atom is 0.220 e. The number of rotatable bonds is 0. The molecule has 0 unspecified atom stereocenters. The lowest BCUT2D eigenvalue weighted by Gasteiger charge is -2.34. The molecule has 0 bridgehead atoms. The van der Waals surface area contributed by atoms with Gasteiger partial charge < -0.3 is 4.81 Å². The Hall–Kier alpha value is -0.0151. The monoisotopic (exact) mass is 126 g/mol. The van der Waals surface area contributed by atoms with E-state index < -0.39 is 0 Å². The molecule has 0 radical (unpaired) electrons. The van der Waals surface area contributed by atoms with E-state index in [0.29, 0.717) is 0 Å². The van der Waals surface area contributed by atoms with Crippen molar-refractivity contribution in [1.29, 1.82) is 0 Å². The maximum absolute atomic E-state index is 2.37. The summed E-state index contributed by atoms with van der Waals surface area (Å²) in [6, 6.07) is 0. The lowest BCUT2D eigenvalue weighted by Crippen LogP contribution is -2.44. The molecule has 1 aliphatic heterocycles. The third-order valence-electron chi connectivity index (χ3n) is 2.64. The van der Waals surface area contributed by atoms with Gasteiger partial charge in [-0.05, 0) is 34.4 Å². The van der Waals surface area contributed by atoms with Crippen LogP contribution in [0.4, 0.5) is 0 Å². The molecule has 3 heteroatoms. The molecule has 1 aliphatic rings. The van der Waals surface area contributed by atoms with Gasteiger partial charge in [0.1, 0.15) is 0 Å². The lowest BCUT2D eigenvalue weighted by atomic mass is 9.94. The minimum absolute atomic E-state index is 0.278. The van der Waals surface area contributed by atoms with E-state index in [0.717, 1.165) is 0 Å². The van der Waals surface area contributed by atoms with Crippen LogP contribution in [0.5, 0.6) is 0 Å². The highest BCUT2D eigenvalue weighted by molar-refractivity contribution is 6.33. The van der Waals surface area contributed by atoms with Crippen LogP contribution in [0, 0.1) is 0 Å². The van der Waals surface area contributed by atoms with Crippen LogP contribution in [-0.4, -0.2) is 43.3 Å².